The Morgan fingerprint density at radius 1 is 1.11 bits per heavy atom. The van der Waals surface area contributed by atoms with Crippen LogP contribution in [0.5, 0.6) is 0 Å². The summed E-state index contributed by atoms with van der Waals surface area (Å²) in [5, 5.41) is 16.4. The van der Waals surface area contributed by atoms with Gasteiger partial charge >= 0.3 is 0 Å². The Labute approximate surface area is 57.5 Å². The number of hydrogen-bond acceptors (Lipinski definition) is 2. The third-order valence-corrected chi connectivity index (χ3v) is 0.591. The van der Waals surface area contributed by atoms with Gasteiger partial charge in [0.25, 0.3) is 0 Å². The molecule has 0 spiro atoms. The lowest BCUT2D eigenvalue weighted by molar-refractivity contribution is 0.191. The topological polar surface area (TPSA) is 40.5 Å². The Morgan fingerprint density at radius 2 is 1.22 bits per heavy atom. The first-order valence-corrected chi connectivity index (χ1v) is 3.36. The maximum Gasteiger partial charge on any atom is 0.0509 e. The molecule has 0 aromatic heterocycles. The molecule has 58 valence electrons. The summed E-state index contributed by atoms with van der Waals surface area (Å²) in [6, 6.07) is 0. The van der Waals surface area contributed by atoms with Gasteiger partial charge < -0.3 is 10.2 Å². The summed E-state index contributed by atoms with van der Waals surface area (Å²) in [4.78, 5) is 0. The van der Waals surface area contributed by atoms with Crippen LogP contribution in [-0.2, 0) is 0 Å². The minimum absolute atomic E-state index is 0.116. The van der Waals surface area contributed by atoms with Gasteiger partial charge in [0.05, 0.1) is 6.10 Å². The first-order chi connectivity index (χ1) is 4.00. The van der Waals surface area contributed by atoms with E-state index in [-0.39, 0.29) is 12.2 Å². The van der Waals surface area contributed by atoms with Gasteiger partial charge in [-0.1, -0.05) is 6.92 Å². The van der Waals surface area contributed by atoms with Crippen LogP contribution in [0, 0.1) is 0 Å². The highest BCUT2D eigenvalue weighted by molar-refractivity contribution is 4.34. The molecule has 0 aliphatic rings. The molecule has 0 saturated carbocycles. The van der Waals surface area contributed by atoms with E-state index in [2.05, 4.69) is 0 Å². The summed E-state index contributed by atoms with van der Waals surface area (Å²) >= 11 is 0. The first-order valence-electron chi connectivity index (χ1n) is 3.36. The summed E-state index contributed by atoms with van der Waals surface area (Å²) in [7, 11) is 0. The molecule has 2 heteroatoms. The van der Waals surface area contributed by atoms with Gasteiger partial charge in [-0.2, -0.15) is 0 Å². The van der Waals surface area contributed by atoms with E-state index < -0.39 is 0 Å². The average molecular weight is 134 g/mol. The van der Waals surface area contributed by atoms with Gasteiger partial charge in [-0.15, -0.1) is 0 Å². The van der Waals surface area contributed by atoms with Crippen molar-refractivity contribution in [3.05, 3.63) is 0 Å². The summed E-state index contributed by atoms with van der Waals surface area (Å²) in [6.07, 6.45) is 0.579. The number of hydrogen-bond donors (Lipinski definition) is 2. The second-order valence-corrected chi connectivity index (χ2v) is 2.35. The Bertz CT molecular complexity index is 39.4. The molecule has 0 heterocycles. The minimum atomic E-state index is -0.167. The maximum absolute atomic E-state index is 8.36. The van der Waals surface area contributed by atoms with Crippen LogP contribution >= 0.6 is 0 Å². The molecule has 0 fully saturated rings. The van der Waals surface area contributed by atoms with Crippen molar-refractivity contribution in [2.75, 3.05) is 0 Å². The minimum Gasteiger partial charge on any atom is -0.394 e. The molecule has 2 nitrogen and oxygen atoms in total. The van der Waals surface area contributed by atoms with Gasteiger partial charge in [0.1, 0.15) is 0 Å². The fraction of sp³-hybridized carbons (Fsp3) is 1.00. The van der Waals surface area contributed by atoms with Crippen molar-refractivity contribution < 1.29 is 10.2 Å². The maximum atomic E-state index is 8.36. The van der Waals surface area contributed by atoms with Crippen molar-refractivity contribution in [3.63, 3.8) is 0 Å². The van der Waals surface area contributed by atoms with Crippen molar-refractivity contribution in [3.8, 4) is 0 Å². The van der Waals surface area contributed by atoms with Crippen LogP contribution in [0.25, 0.3) is 0 Å². The fourth-order valence-corrected chi connectivity index (χ4v) is 0. The SMILES string of the molecule is CC(C)O.CCC(C)O. The van der Waals surface area contributed by atoms with E-state index in [9.17, 15) is 0 Å². The Morgan fingerprint density at radius 3 is 1.22 bits per heavy atom. The Balaban J connectivity index is 0. The van der Waals surface area contributed by atoms with Crippen LogP contribution in [-0.4, -0.2) is 22.4 Å². The van der Waals surface area contributed by atoms with Crippen LogP contribution in [0.3, 0.4) is 0 Å². The lowest BCUT2D eigenvalue weighted by atomic mass is 10.3. The van der Waals surface area contributed by atoms with E-state index in [0.29, 0.717) is 0 Å². The summed E-state index contributed by atoms with van der Waals surface area (Å²) in [6.45, 7) is 7.17. The van der Waals surface area contributed by atoms with E-state index in [0.717, 1.165) is 6.42 Å². The molecule has 0 amide bonds. The molecule has 0 aromatic carbocycles. The van der Waals surface area contributed by atoms with E-state index >= 15 is 0 Å². The zero-order chi connectivity index (χ0) is 7.86. The summed E-state index contributed by atoms with van der Waals surface area (Å²) < 4.78 is 0. The largest absolute Gasteiger partial charge is 0.394 e. The van der Waals surface area contributed by atoms with Crippen LogP contribution in [0.1, 0.15) is 34.1 Å². The molecule has 0 aromatic rings. The quantitative estimate of drug-likeness (QED) is 0.565. The van der Waals surface area contributed by atoms with Gasteiger partial charge in [0.2, 0.25) is 0 Å². The van der Waals surface area contributed by atoms with Gasteiger partial charge in [0, 0.05) is 6.10 Å². The predicted molar refractivity (Wildman–Crippen MR) is 39.3 cm³/mol. The normalized spacial score (nSPS) is 12.3. The molecule has 0 aliphatic carbocycles. The molecule has 1 unspecified atom stereocenters. The molecule has 0 bridgehead atoms. The van der Waals surface area contributed by atoms with E-state index in [1.54, 1.807) is 20.8 Å². The van der Waals surface area contributed by atoms with E-state index in [1.807, 2.05) is 6.92 Å². The highest BCUT2D eigenvalue weighted by Gasteiger charge is 1.81. The van der Waals surface area contributed by atoms with Crippen molar-refractivity contribution in [1.82, 2.24) is 0 Å². The van der Waals surface area contributed by atoms with Crippen LogP contribution in [0.2, 0.25) is 0 Å². The van der Waals surface area contributed by atoms with Gasteiger partial charge in [-0.25, -0.2) is 0 Å². The van der Waals surface area contributed by atoms with Crippen molar-refractivity contribution in [2.24, 2.45) is 0 Å². The van der Waals surface area contributed by atoms with Crippen LogP contribution in [0.15, 0.2) is 0 Å². The monoisotopic (exact) mass is 134 g/mol. The highest BCUT2D eigenvalue weighted by atomic mass is 16.3. The molecule has 1 atom stereocenters. The number of aliphatic hydroxyl groups is 2. The molecule has 0 saturated heterocycles. The first kappa shape index (κ1) is 11.7. The smallest absolute Gasteiger partial charge is 0.0509 e. The standard InChI is InChI=1S/C4H10O.C3H8O/c1-3-4(2)5;1-3(2)4/h4-5H,3H2,1-2H3;3-4H,1-2H3. The van der Waals surface area contributed by atoms with Crippen molar-refractivity contribution >= 4 is 0 Å². The van der Waals surface area contributed by atoms with Gasteiger partial charge in [-0.3, -0.25) is 0 Å². The summed E-state index contributed by atoms with van der Waals surface area (Å²) in [5.74, 6) is 0. The third-order valence-electron chi connectivity index (χ3n) is 0.591. The second kappa shape index (κ2) is 7.92. The molecular formula is C7H18O2. The van der Waals surface area contributed by atoms with Crippen molar-refractivity contribution in [2.45, 2.75) is 46.3 Å². The lowest BCUT2D eigenvalue weighted by Crippen LogP contribution is -1.93. The molecule has 0 aliphatic heterocycles. The highest BCUT2D eigenvalue weighted by Crippen LogP contribution is 1.81. The Hall–Kier alpha value is -0.0800. The second-order valence-electron chi connectivity index (χ2n) is 2.35. The van der Waals surface area contributed by atoms with E-state index in [1.165, 1.54) is 0 Å². The molecule has 2 N–H and O–H groups in total. The van der Waals surface area contributed by atoms with Crippen molar-refractivity contribution in [1.29, 1.82) is 0 Å². The third kappa shape index (κ3) is 75.3. The molecule has 0 radical (unpaired) electrons. The van der Waals surface area contributed by atoms with Gasteiger partial charge in [0.15, 0.2) is 0 Å². The zero-order valence-corrected chi connectivity index (χ0v) is 6.76. The fourth-order valence-electron chi connectivity index (χ4n) is 0. The predicted octanol–water partition coefficient (Wildman–Crippen LogP) is 1.16. The number of rotatable bonds is 1. The molecule has 0 rings (SSSR count). The number of aliphatic hydroxyl groups excluding tert-OH is 2. The Kier molecular flexibility index (Phi) is 10.3. The van der Waals surface area contributed by atoms with Gasteiger partial charge in [-0.05, 0) is 27.2 Å². The van der Waals surface area contributed by atoms with Crippen LogP contribution in [0.4, 0.5) is 0 Å². The van der Waals surface area contributed by atoms with Crippen LogP contribution < -0.4 is 0 Å². The molecular weight excluding hydrogens is 116 g/mol. The zero-order valence-electron chi connectivity index (χ0n) is 6.76. The molecule has 9 heavy (non-hydrogen) atoms. The average Bonchev–Trinajstić information content (AvgIpc) is 1.65. The summed E-state index contributed by atoms with van der Waals surface area (Å²) in [5.41, 5.74) is 0. The lowest BCUT2D eigenvalue weighted by Gasteiger charge is -1.90. The van der Waals surface area contributed by atoms with E-state index in [4.69, 9.17) is 10.2 Å².